The number of hydrogen-bond acceptors (Lipinski definition) is 1. The zero-order valence-corrected chi connectivity index (χ0v) is 10.6. The molecule has 0 atom stereocenters. The van der Waals surface area contributed by atoms with E-state index in [-0.39, 0.29) is 0 Å². The predicted octanol–water partition coefficient (Wildman–Crippen LogP) is 3.42. The lowest BCUT2D eigenvalue weighted by atomic mass is 9.70. The van der Waals surface area contributed by atoms with E-state index in [2.05, 4.69) is 43.4 Å². The van der Waals surface area contributed by atoms with Crippen molar-refractivity contribution in [3.05, 3.63) is 35.4 Å². The second-order valence-corrected chi connectivity index (χ2v) is 5.16. The van der Waals surface area contributed by atoms with E-state index in [9.17, 15) is 0 Å². The van der Waals surface area contributed by atoms with Crippen molar-refractivity contribution < 1.29 is 0 Å². The number of benzene rings is 1. The fraction of sp³-hybridized carbons (Fsp3) is 0.600. The quantitative estimate of drug-likeness (QED) is 0.745. The molecule has 0 aromatic heterocycles. The van der Waals surface area contributed by atoms with E-state index < -0.39 is 0 Å². The lowest BCUT2D eigenvalue weighted by Crippen LogP contribution is -2.57. The Morgan fingerprint density at radius 2 is 1.94 bits per heavy atom. The first kappa shape index (κ1) is 11.7. The Morgan fingerprint density at radius 3 is 2.50 bits per heavy atom. The maximum atomic E-state index is 3.45. The van der Waals surface area contributed by atoms with Gasteiger partial charge in [-0.1, -0.05) is 50.5 Å². The van der Waals surface area contributed by atoms with Crippen molar-refractivity contribution in [3.8, 4) is 0 Å². The molecule has 0 bridgehead atoms. The summed E-state index contributed by atoms with van der Waals surface area (Å²) in [5.41, 5.74) is 3.48. The van der Waals surface area contributed by atoms with Crippen molar-refractivity contribution in [1.82, 2.24) is 5.32 Å². The first-order chi connectivity index (χ1) is 7.78. The Morgan fingerprint density at radius 1 is 1.19 bits per heavy atom. The van der Waals surface area contributed by atoms with E-state index >= 15 is 0 Å². The molecule has 0 spiro atoms. The van der Waals surface area contributed by atoms with Gasteiger partial charge in [0.15, 0.2) is 0 Å². The van der Waals surface area contributed by atoms with Gasteiger partial charge in [0.05, 0.1) is 0 Å². The van der Waals surface area contributed by atoms with Crippen LogP contribution in [0.1, 0.15) is 43.7 Å². The zero-order valence-electron chi connectivity index (χ0n) is 10.6. The third kappa shape index (κ3) is 2.15. The van der Waals surface area contributed by atoms with Crippen LogP contribution in [0.5, 0.6) is 0 Å². The summed E-state index contributed by atoms with van der Waals surface area (Å²) in [5.74, 6) is 0. The van der Waals surface area contributed by atoms with Gasteiger partial charge in [-0.2, -0.15) is 0 Å². The summed E-state index contributed by atoms with van der Waals surface area (Å²) in [6.45, 7) is 6.86. The van der Waals surface area contributed by atoms with Crippen molar-refractivity contribution in [2.24, 2.45) is 0 Å². The van der Waals surface area contributed by atoms with Crippen LogP contribution in [0.2, 0.25) is 0 Å². The normalized spacial score (nSPS) is 18.1. The summed E-state index contributed by atoms with van der Waals surface area (Å²) in [6.07, 6.45) is 5.40. The maximum Gasteiger partial charge on any atom is 0.0205 e. The number of nitrogens with one attached hydrogen (secondary N) is 1. The average molecular weight is 217 g/mol. The molecule has 0 saturated carbocycles. The fourth-order valence-corrected chi connectivity index (χ4v) is 2.81. The lowest BCUT2D eigenvalue weighted by molar-refractivity contribution is 0.249. The van der Waals surface area contributed by atoms with Crippen LogP contribution in [0.4, 0.5) is 0 Å². The van der Waals surface area contributed by atoms with Gasteiger partial charge >= 0.3 is 0 Å². The van der Waals surface area contributed by atoms with Crippen LogP contribution in [0, 0.1) is 6.92 Å². The highest BCUT2D eigenvalue weighted by atomic mass is 15.0. The smallest absolute Gasteiger partial charge is 0.0205 e. The van der Waals surface area contributed by atoms with Gasteiger partial charge in [0, 0.05) is 18.5 Å². The fourth-order valence-electron chi connectivity index (χ4n) is 2.81. The van der Waals surface area contributed by atoms with E-state index in [4.69, 9.17) is 0 Å². The van der Waals surface area contributed by atoms with Gasteiger partial charge in [0.25, 0.3) is 0 Å². The van der Waals surface area contributed by atoms with Crippen LogP contribution >= 0.6 is 0 Å². The van der Waals surface area contributed by atoms with Crippen LogP contribution in [-0.4, -0.2) is 13.1 Å². The SMILES string of the molecule is CCCCCC1(c2ccccc2C)CNC1. The molecule has 1 aromatic rings. The Balaban J connectivity index is 2.12. The highest BCUT2D eigenvalue weighted by molar-refractivity contribution is 5.36. The maximum absolute atomic E-state index is 3.45. The van der Waals surface area contributed by atoms with E-state index in [0.717, 1.165) is 0 Å². The third-order valence-electron chi connectivity index (χ3n) is 3.90. The molecule has 1 fully saturated rings. The Hall–Kier alpha value is -0.820. The molecular formula is C15H23N. The Labute approximate surface area is 99.3 Å². The molecule has 1 aliphatic rings. The van der Waals surface area contributed by atoms with Gasteiger partial charge in [-0.25, -0.2) is 0 Å². The first-order valence-corrected chi connectivity index (χ1v) is 6.55. The van der Waals surface area contributed by atoms with Gasteiger partial charge < -0.3 is 5.32 Å². The minimum absolute atomic E-state index is 0.445. The van der Waals surface area contributed by atoms with Crippen molar-refractivity contribution in [1.29, 1.82) is 0 Å². The van der Waals surface area contributed by atoms with Crippen LogP contribution in [-0.2, 0) is 5.41 Å². The molecule has 0 unspecified atom stereocenters. The summed E-state index contributed by atoms with van der Waals surface area (Å²) in [6, 6.07) is 8.89. The van der Waals surface area contributed by atoms with E-state index in [1.807, 2.05) is 0 Å². The largest absolute Gasteiger partial charge is 0.315 e. The summed E-state index contributed by atoms with van der Waals surface area (Å²) >= 11 is 0. The minimum Gasteiger partial charge on any atom is -0.315 e. The third-order valence-corrected chi connectivity index (χ3v) is 3.90. The standard InChI is InChI=1S/C15H23N/c1-3-4-7-10-15(11-16-12-15)14-9-6-5-8-13(14)2/h5-6,8-9,16H,3-4,7,10-12H2,1-2H3. The molecule has 1 nitrogen and oxygen atoms in total. The van der Waals surface area contributed by atoms with Crippen LogP contribution in [0.3, 0.4) is 0 Å². The number of hydrogen-bond donors (Lipinski definition) is 1. The van der Waals surface area contributed by atoms with Crippen molar-refractivity contribution >= 4 is 0 Å². The lowest BCUT2D eigenvalue weighted by Gasteiger charge is -2.44. The molecule has 88 valence electrons. The summed E-state index contributed by atoms with van der Waals surface area (Å²) in [4.78, 5) is 0. The number of rotatable bonds is 5. The zero-order chi connectivity index (χ0) is 11.4. The summed E-state index contributed by atoms with van der Waals surface area (Å²) < 4.78 is 0. The molecule has 1 heteroatoms. The average Bonchev–Trinajstić information content (AvgIpc) is 2.24. The van der Waals surface area contributed by atoms with Crippen molar-refractivity contribution in [2.45, 2.75) is 44.9 Å². The van der Waals surface area contributed by atoms with Gasteiger partial charge in [0.2, 0.25) is 0 Å². The highest BCUT2D eigenvalue weighted by Gasteiger charge is 2.38. The highest BCUT2D eigenvalue weighted by Crippen LogP contribution is 2.35. The molecule has 0 amide bonds. The monoisotopic (exact) mass is 217 g/mol. The molecule has 1 aliphatic heterocycles. The van der Waals surface area contributed by atoms with Gasteiger partial charge in [-0.15, -0.1) is 0 Å². The first-order valence-electron chi connectivity index (χ1n) is 6.55. The molecule has 0 aliphatic carbocycles. The Bertz CT molecular complexity index is 339. The van der Waals surface area contributed by atoms with E-state index in [1.165, 1.54) is 44.3 Å². The van der Waals surface area contributed by atoms with Gasteiger partial charge in [0.1, 0.15) is 0 Å². The molecule has 1 saturated heterocycles. The molecule has 2 rings (SSSR count). The van der Waals surface area contributed by atoms with Crippen molar-refractivity contribution in [2.75, 3.05) is 13.1 Å². The topological polar surface area (TPSA) is 12.0 Å². The molecular weight excluding hydrogens is 194 g/mol. The molecule has 1 N–H and O–H groups in total. The molecule has 0 radical (unpaired) electrons. The van der Waals surface area contributed by atoms with E-state index in [0.29, 0.717) is 5.41 Å². The second kappa shape index (κ2) is 5.01. The summed E-state index contributed by atoms with van der Waals surface area (Å²) in [5, 5.41) is 3.45. The molecule has 16 heavy (non-hydrogen) atoms. The minimum atomic E-state index is 0.445. The predicted molar refractivity (Wildman–Crippen MR) is 69.9 cm³/mol. The molecule has 1 aromatic carbocycles. The van der Waals surface area contributed by atoms with Crippen LogP contribution in [0.25, 0.3) is 0 Å². The number of unbranched alkanes of at least 4 members (excludes halogenated alkanes) is 2. The van der Waals surface area contributed by atoms with Gasteiger partial charge in [-0.05, 0) is 24.5 Å². The van der Waals surface area contributed by atoms with Gasteiger partial charge in [-0.3, -0.25) is 0 Å². The number of aryl methyl sites for hydroxylation is 1. The second-order valence-electron chi connectivity index (χ2n) is 5.16. The van der Waals surface area contributed by atoms with Crippen LogP contribution < -0.4 is 5.32 Å². The molecule has 1 heterocycles. The summed E-state index contributed by atoms with van der Waals surface area (Å²) in [7, 11) is 0. The van der Waals surface area contributed by atoms with E-state index in [1.54, 1.807) is 5.56 Å². The van der Waals surface area contributed by atoms with Crippen LogP contribution in [0.15, 0.2) is 24.3 Å². The Kier molecular flexibility index (Phi) is 3.65. The van der Waals surface area contributed by atoms with Crippen molar-refractivity contribution in [3.63, 3.8) is 0 Å².